The molecule has 2 aromatic rings. The summed E-state index contributed by atoms with van der Waals surface area (Å²) in [6, 6.07) is 10.8. The Labute approximate surface area is 121 Å². The Balaban J connectivity index is 1.91. The molecule has 0 spiro atoms. The van der Waals surface area contributed by atoms with E-state index < -0.39 is 0 Å². The predicted octanol–water partition coefficient (Wildman–Crippen LogP) is 2.64. The topological polar surface area (TPSA) is 45.6 Å². The zero-order chi connectivity index (χ0) is 13.9. The van der Waals surface area contributed by atoms with Crippen LogP contribution in [0.5, 0.6) is 0 Å². The van der Waals surface area contributed by atoms with Crippen LogP contribution in [-0.2, 0) is 0 Å². The van der Waals surface area contributed by atoms with Crippen molar-refractivity contribution in [2.24, 2.45) is 4.99 Å². The lowest BCUT2D eigenvalue weighted by atomic mass is 10.1. The normalized spacial score (nSPS) is 14.2. The minimum Gasteiger partial charge on any atom is -0.291 e. The van der Waals surface area contributed by atoms with Crippen molar-refractivity contribution in [3.8, 4) is 0 Å². The van der Waals surface area contributed by atoms with E-state index in [2.05, 4.69) is 9.98 Å². The molecule has 0 bridgehead atoms. The van der Waals surface area contributed by atoms with Crippen LogP contribution in [0.2, 0.25) is 5.02 Å². The number of amidine groups is 1. The average molecular weight is 286 g/mol. The molecule has 0 saturated carbocycles. The van der Waals surface area contributed by atoms with Crippen LogP contribution in [0, 0.1) is 0 Å². The number of carbonyl (C=O) groups excluding carboxylic acids is 1. The molecule has 3 rings (SSSR count). The standard InChI is InChI=1S/C15H12ClN3O/c16-13-3-1-2-12(10-13)14-18-8-9-19(14)15(20)11-4-6-17-7-5-11/h1-7,10H,8-9H2. The van der Waals surface area contributed by atoms with Crippen molar-refractivity contribution in [1.29, 1.82) is 0 Å². The van der Waals surface area contributed by atoms with Gasteiger partial charge in [-0.15, -0.1) is 0 Å². The van der Waals surface area contributed by atoms with Crippen LogP contribution in [0.4, 0.5) is 0 Å². The molecular weight excluding hydrogens is 274 g/mol. The highest BCUT2D eigenvalue weighted by atomic mass is 35.5. The zero-order valence-electron chi connectivity index (χ0n) is 10.7. The first kappa shape index (κ1) is 12.8. The number of carbonyl (C=O) groups is 1. The molecule has 0 fully saturated rings. The lowest BCUT2D eigenvalue weighted by Gasteiger charge is -2.18. The maximum Gasteiger partial charge on any atom is 0.259 e. The van der Waals surface area contributed by atoms with Crippen molar-refractivity contribution in [3.63, 3.8) is 0 Å². The number of rotatable bonds is 2. The fourth-order valence-electron chi connectivity index (χ4n) is 2.17. The molecule has 1 aliphatic rings. The van der Waals surface area contributed by atoms with Gasteiger partial charge in [-0.2, -0.15) is 0 Å². The largest absolute Gasteiger partial charge is 0.291 e. The first-order valence-electron chi connectivity index (χ1n) is 6.28. The Hall–Kier alpha value is -2.20. The van der Waals surface area contributed by atoms with Gasteiger partial charge in [0.25, 0.3) is 5.91 Å². The van der Waals surface area contributed by atoms with Crippen LogP contribution < -0.4 is 0 Å². The van der Waals surface area contributed by atoms with Crippen molar-refractivity contribution in [1.82, 2.24) is 9.88 Å². The predicted molar refractivity (Wildman–Crippen MR) is 78.1 cm³/mol. The van der Waals surface area contributed by atoms with Crippen LogP contribution >= 0.6 is 11.6 Å². The van der Waals surface area contributed by atoms with Crippen LogP contribution in [0.3, 0.4) is 0 Å². The lowest BCUT2D eigenvalue weighted by Crippen LogP contribution is -2.34. The van der Waals surface area contributed by atoms with E-state index in [9.17, 15) is 4.79 Å². The molecule has 1 amide bonds. The van der Waals surface area contributed by atoms with Gasteiger partial charge in [-0.05, 0) is 24.3 Å². The molecule has 0 radical (unpaired) electrons. The Morgan fingerprint density at radius 1 is 1.20 bits per heavy atom. The number of hydrogen-bond acceptors (Lipinski definition) is 3. The SMILES string of the molecule is O=C(c1ccncc1)N1CCN=C1c1cccc(Cl)c1. The van der Waals surface area contributed by atoms with Crippen molar-refractivity contribution < 1.29 is 4.79 Å². The van der Waals surface area contributed by atoms with Gasteiger partial charge in [-0.25, -0.2) is 0 Å². The van der Waals surface area contributed by atoms with Crippen LogP contribution in [0.1, 0.15) is 15.9 Å². The molecule has 0 aliphatic carbocycles. The van der Waals surface area contributed by atoms with Gasteiger partial charge < -0.3 is 0 Å². The second kappa shape index (κ2) is 5.43. The maximum absolute atomic E-state index is 12.5. The Morgan fingerprint density at radius 2 is 2.00 bits per heavy atom. The van der Waals surface area contributed by atoms with E-state index in [1.807, 2.05) is 18.2 Å². The van der Waals surface area contributed by atoms with Crippen molar-refractivity contribution in [2.75, 3.05) is 13.1 Å². The highest BCUT2D eigenvalue weighted by Gasteiger charge is 2.25. The summed E-state index contributed by atoms with van der Waals surface area (Å²) in [6.07, 6.45) is 3.22. The smallest absolute Gasteiger partial charge is 0.259 e. The van der Waals surface area contributed by atoms with E-state index in [0.717, 1.165) is 5.56 Å². The first-order chi connectivity index (χ1) is 9.75. The molecule has 20 heavy (non-hydrogen) atoms. The maximum atomic E-state index is 12.5. The van der Waals surface area contributed by atoms with Crippen molar-refractivity contribution in [2.45, 2.75) is 0 Å². The van der Waals surface area contributed by atoms with Gasteiger partial charge in [0.1, 0.15) is 5.84 Å². The molecule has 1 aromatic heterocycles. The zero-order valence-corrected chi connectivity index (χ0v) is 11.4. The number of halogens is 1. The summed E-state index contributed by atoms with van der Waals surface area (Å²) in [4.78, 5) is 22.5. The van der Waals surface area contributed by atoms with E-state index in [1.54, 1.807) is 35.5 Å². The summed E-state index contributed by atoms with van der Waals surface area (Å²) in [7, 11) is 0. The van der Waals surface area contributed by atoms with Gasteiger partial charge in [0, 0.05) is 35.1 Å². The van der Waals surface area contributed by atoms with Gasteiger partial charge in [0.15, 0.2) is 0 Å². The molecule has 1 aromatic carbocycles. The van der Waals surface area contributed by atoms with Crippen LogP contribution in [-0.4, -0.2) is 34.7 Å². The van der Waals surface area contributed by atoms with E-state index in [1.165, 1.54) is 0 Å². The van der Waals surface area contributed by atoms with Crippen molar-refractivity contribution in [3.05, 3.63) is 64.9 Å². The molecule has 0 atom stereocenters. The first-order valence-corrected chi connectivity index (χ1v) is 6.66. The molecule has 1 aliphatic heterocycles. The third-order valence-corrected chi connectivity index (χ3v) is 3.33. The molecule has 0 saturated heterocycles. The Bertz CT molecular complexity index is 670. The van der Waals surface area contributed by atoms with E-state index in [-0.39, 0.29) is 5.91 Å². The molecule has 100 valence electrons. The summed E-state index contributed by atoms with van der Waals surface area (Å²) in [5.74, 6) is 0.609. The van der Waals surface area contributed by atoms with Crippen molar-refractivity contribution >= 4 is 23.3 Å². The number of aromatic nitrogens is 1. The molecule has 0 unspecified atom stereocenters. The van der Waals surface area contributed by atoms with E-state index in [4.69, 9.17) is 11.6 Å². The second-order valence-corrected chi connectivity index (χ2v) is 4.84. The number of aliphatic imine (C=N–C) groups is 1. The molecular formula is C15H12ClN3O. The summed E-state index contributed by atoms with van der Waals surface area (Å²) in [5, 5.41) is 0.633. The van der Waals surface area contributed by atoms with Gasteiger partial charge in [-0.3, -0.25) is 19.7 Å². The number of hydrogen-bond donors (Lipinski definition) is 0. The summed E-state index contributed by atoms with van der Waals surface area (Å²) >= 11 is 6.00. The Kier molecular flexibility index (Phi) is 3.48. The van der Waals surface area contributed by atoms with Gasteiger partial charge in [0.05, 0.1) is 6.54 Å². The number of benzene rings is 1. The highest BCUT2D eigenvalue weighted by Crippen LogP contribution is 2.18. The molecule has 4 nitrogen and oxygen atoms in total. The number of pyridine rings is 1. The monoisotopic (exact) mass is 285 g/mol. The fraction of sp³-hybridized carbons (Fsp3) is 0.133. The van der Waals surface area contributed by atoms with Crippen LogP contribution in [0.25, 0.3) is 0 Å². The fourth-order valence-corrected chi connectivity index (χ4v) is 2.36. The highest BCUT2D eigenvalue weighted by molar-refractivity contribution is 6.31. The van der Waals surface area contributed by atoms with E-state index in [0.29, 0.717) is 29.5 Å². The minimum atomic E-state index is -0.0661. The van der Waals surface area contributed by atoms with Crippen LogP contribution in [0.15, 0.2) is 53.8 Å². The minimum absolute atomic E-state index is 0.0661. The van der Waals surface area contributed by atoms with E-state index >= 15 is 0 Å². The van der Waals surface area contributed by atoms with Gasteiger partial charge in [-0.1, -0.05) is 23.7 Å². The summed E-state index contributed by atoms with van der Waals surface area (Å²) in [5.41, 5.74) is 1.47. The lowest BCUT2D eigenvalue weighted by molar-refractivity contribution is 0.0858. The summed E-state index contributed by atoms with van der Waals surface area (Å²) < 4.78 is 0. The molecule has 0 N–H and O–H groups in total. The second-order valence-electron chi connectivity index (χ2n) is 4.41. The Morgan fingerprint density at radius 3 is 2.75 bits per heavy atom. The number of nitrogens with zero attached hydrogens (tertiary/aromatic N) is 3. The molecule has 5 heteroatoms. The third-order valence-electron chi connectivity index (χ3n) is 3.10. The summed E-state index contributed by atoms with van der Waals surface area (Å²) in [6.45, 7) is 1.20. The quantitative estimate of drug-likeness (QED) is 0.851. The average Bonchev–Trinajstić information content (AvgIpc) is 2.97. The number of amides is 1. The van der Waals surface area contributed by atoms with Gasteiger partial charge >= 0.3 is 0 Å². The third kappa shape index (κ3) is 2.42. The molecule has 2 heterocycles. The van der Waals surface area contributed by atoms with Gasteiger partial charge in [0.2, 0.25) is 0 Å².